The Morgan fingerprint density at radius 3 is 2.57 bits per heavy atom. The van der Waals surface area contributed by atoms with Crippen molar-refractivity contribution in [3.8, 4) is 0 Å². The van der Waals surface area contributed by atoms with Gasteiger partial charge in [-0.3, -0.25) is 9.48 Å². The molecule has 122 valence electrons. The van der Waals surface area contributed by atoms with Crippen molar-refractivity contribution in [2.24, 2.45) is 0 Å². The van der Waals surface area contributed by atoms with E-state index in [1.807, 2.05) is 19.1 Å². The van der Waals surface area contributed by atoms with Crippen molar-refractivity contribution in [2.75, 3.05) is 0 Å². The van der Waals surface area contributed by atoms with E-state index in [0.29, 0.717) is 5.92 Å². The van der Waals surface area contributed by atoms with Gasteiger partial charge in [-0.05, 0) is 24.0 Å². The summed E-state index contributed by atoms with van der Waals surface area (Å²) in [5.74, 6) is -0.848. The van der Waals surface area contributed by atoms with Gasteiger partial charge in [0.15, 0.2) is 0 Å². The molecule has 23 heavy (non-hydrogen) atoms. The molecule has 1 unspecified atom stereocenters. The van der Waals surface area contributed by atoms with Gasteiger partial charge in [0.2, 0.25) is 5.91 Å². The van der Waals surface area contributed by atoms with Crippen LogP contribution in [0.1, 0.15) is 54.2 Å². The molecule has 0 radical (unpaired) electrons. The fourth-order valence-corrected chi connectivity index (χ4v) is 2.27. The molecule has 0 saturated heterocycles. The Hall–Kier alpha value is -2.63. The van der Waals surface area contributed by atoms with Crippen LogP contribution in [0.15, 0.2) is 36.7 Å². The van der Waals surface area contributed by atoms with Crippen LogP contribution in [0.25, 0.3) is 0 Å². The molecule has 1 heterocycles. The minimum atomic E-state index is -1.06. The maximum atomic E-state index is 12.1. The van der Waals surface area contributed by atoms with E-state index in [1.165, 1.54) is 22.6 Å². The zero-order valence-corrected chi connectivity index (χ0v) is 13.5. The van der Waals surface area contributed by atoms with E-state index >= 15 is 0 Å². The third kappa shape index (κ3) is 4.42. The molecule has 2 rings (SSSR count). The SMILES string of the molecule is CC(C)c1cccc(C(C)NC(=O)Cn2cc(C(=O)O)cn2)c1. The van der Waals surface area contributed by atoms with Crippen LogP contribution in [-0.2, 0) is 11.3 Å². The van der Waals surface area contributed by atoms with E-state index in [0.717, 1.165) is 5.56 Å². The molecular formula is C17H21N3O3. The highest BCUT2D eigenvalue weighted by atomic mass is 16.4. The van der Waals surface area contributed by atoms with Gasteiger partial charge in [-0.25, -0.2) is 4.79 Å². The summed E-state index contributed by atoms with van der Waals surface area (Å²) in [6.45, 7) is 6.16. The zero-order valence-electron chi connectivity index (χ0n) is 13.5. The molecule has 0 fully saturated rings. The van der Waals surface area contributed by atoms with Gasteiger partial charge in [0.05, 0.1) is 17.8 Å². The highest BCUT2D eigenvalue weighted by molar-refractivity contribution is 5.87. The summed E-state index contributed by atoms with van der Waals surface area (Å²) in [6.07, 6.45) is 2.57. The number of carbonyl (C=O) groups excluding carboxylic acids is 1. The van der Waals surface area contributed by atoms with Crippen LogP contribution in [0, 0.1) is 0 Å². The molecule has 0 aliphatic rings. The maximum Gasteiger partial charge on any atom is 0.338 e. The largest absolute Gasteiger partial charge is 0.478 e. The standard InChI is InChI=1S/C17H21N3O3/c1-11(2)13-5-4-6-14(7-13)12(3)19-16(21)10-20-9-15(8-18-20)17(22)23/h4-9,11-12H,10H2,1-3H3,(H,19,21)(H,22,23). The quantitative estimate of drug-likeness (QED) is 0.858. The first kappa shape index (κ1) is 16.7. The average molecular weight is 315 g/mol. The monoisotopic (exact) mass is 315 g/mol. The number of rotatable bonds is 6. The first-order chi connectivity index (χ1) is 10.9. The molecule has 1 atom stereocenters. The second-order valence-corrected chi connectivity index (χ2v) is 5.85. The fraction of sp³-hybridized carbons (Fsp3) is 0.353. The molecule has 1 aromatic carbocycles. The summed E-state index contributed by atoms with van der Waals surface area (Å²) in [5.41, 5.74) is 2.33. The zero-order chi connectivity index (χ0) is 17.0. The third-order valence-corrected chi connectivity index (χ3v) is 3.64. The number of aromatic nitrogens is 2. The first-order valence-electron chi connectivity index (χ1n) is 7.51. The lowest BCUT2D eigenvalue weighted by Crippen LogP contribution is -2.30. The Morgan fingerprint density at radius 2 is 1.96 bits per heavy atom. The summed E-state index contributed by atoms with van der Waals surface area (Å²) in [6, 6.07) is 8.00. The fourth-order valence-electron chi connectivity index (χ4n) is 2.27. The van der Waals surface area contributed by atoms with E-state index in [9.17, 15) is 9.59 Å². The molecule has 0 saturated carbocycles. The van der Waals surface area contributed by atoms with E-state index in [2.05, 4.69) is 36.4 Å². The van der Waals surface area contributed by atoms with Gasteiger partial charge < -0.3 is 10.4 Å². The molecule has 2 N–H and O–H groups in total. The molecule has 0 aliphatic heterocycles. The first-order valence-corrected chi connectivity index (χ1v) is 7.51. The molecule has 1 amide bonds. The van der Waals surface area contributed by atoms with Crippen LogP contribution in [0.5, 0.6) is 0 Å². The Kier molecular flexibility index (Phi) is 5.16. The molecule has 1 aromatic heterocycles. The number of hydrogen-bond acceptors (Lipinski definition) is 3. The van der Waals surface area contributed by atoms with E-state index < -0.39 is 5.97 Å². The number of carboxylic acids is 1. The number of benzene rings is 1. The van der Waals surface area contributed by atoms with Gasteiger partial charge in [-0.1, -0.05) is 38.1 Å². The van der Waals surface area contributed by atoms with Crippen LogP contribution < -0.4 is 5.32 Å². The van der Waals surface area contributed by atoms with Crippen LogP contribution in [0.3, 0.4) is 0 Å². The smallest absolute Gasteiger partial charge is 0.338 e. The molecule has 2 aromatic rings. The average Bonchev–Trinajstić information content (AvgIpc) is 2.95. The Balaban J connectivity index is 1.98. The number of aromatic carboxylic acids is 1. The van der Waals surface area contributed by atoms with E-state index in [-0.39, 0.29) is 24.1 Å². The number of nitrogens with one attached hydrogen (secondary N) is 1. The lowest BCUT2D eigenvalue weighted by molar-refractivity contribution is -0.122. The Morgan fingerprint density at radius 1 is 1.26 bits per heavy atom. The van der Waals surface area contributed by atoms with Gasteiger partial charge in [0.25, 0.3) is 0 Å². The lowest BCUT2D eigenvalue weighted by atomic mass is 9.98. The summed E-state index contributed by atoms with van der Waals surface area (Å²) >= 11 is 0. The van der Waals surface area contributed by atoms with Crippen molar-refractivity contribution >= 4 is 11.9 Å². The third-order valence-electron chi connectivity index (χ3n) is 3.64. The molecule has 6 heteroatoms. The van der Waals surface area contributed by atoms with Gasteiger partial charge in [0.1, 0.15) is 6.54 Å². The highest BCUT2D eigenvalue weighted by Crippen LogP contribution is 2.19. The number of hydrogen-bond donors (Lipinski definition) is 2. The van der Waals surface area contributed by atoms with Gasteiger partial charge >= 0.3 is 5.97 Å². The van der Waals surface area contributed by atoms with Crippen molar-refractivity contribution in [1.82, 2.24) is 15.1 Å². The van der Waals surface area contributed by atoms with E-state index in [4.69, 9.17) is 5.11 Å². The summed E-state index contributed by atoms with van der Waals surface area (Å²) in [4.78, 5) is 22.9. The van der Waals surface area contributed by atoms with Crippen molar-refractivity contribution < 1.29 is 14.7 Å². The number of carboxylic acid groups (broad SMARTS) is 1. The van der Waals surface area contributed by atoms with E-state index in [1.54, 1.807) is 0 Å². The topological polar surface area (TPSA) is 84.2 Å². The number of amides is 1. The minimum absolute atomic E-state index is 0.0124. The number of nitrogens with zero attached hydrogens (tertiary/aromatic N) is 2. The Bertz CT molecular complexity index is 707. The second-order valence-electron chi connectivity index (χ2n) is 5.85. The summed E-state index contributed by atoms with van der Waals surface area (Å²) in [5, 5.41) is 15.6. The predicted molar refractivity (Wildman–Crippen MR) is 86.3 cm³/mol. The Labute approximate surface area is 135 Å². The van der Waals surface area contributed by atoms with Crippen LogP contribution >= 0.6 is 0 Å². The molecule has 0 aliphatic carbocycles. The molecule has 0 spiro atoms. The van der Waals surface area contributed by atoms with Crippen molar-refractivity contribution in [2.45, 2.75) is 39.3 Å². The van der Waals surface area contributed by atoms with Crippen LogP contribution in [0.2, 0.25) is 0 Å². The van der Waals surface area contributed by atoms with Crippen LogP contribution in [0.4, 0.5) is 0 Å². The van der Waals surface area contributed by atoms with Crippen molar-refractivity contribution in [3.05, 3.63) is 53.3 Å². The van der Waals surface area contributed by atoms with Crippen LogP contribution in [-0.4, -0.2) is 26.8 Å². The van der Waals surface area contributed by atoms with Crippen molar-refractivity contribution in [1.29, 1.82) is 0 Å². The van der Waals surface area contributed by atoms with Gasteiger partial charge in [-0.2, -0.15) is 5.10 Å². The minimum Gasteiger partial charge on any atom is -0.478 e. The molecule has 6 nitrogen and oxygen atoms in total. The van der Waals surface area contributed by atoms with Gasteiger partial charge in [-0.15, -0.1) is 0 Å². The van der Waals surface area contributed by atoms with Crippen molar-refractivity contribution in [3.63, 3.8) is 0 Å². The molecule has 0 bridgehead atoms. The summed E-state index contributed by atoms with van der Waals surface area (Å²) < 4.78 is 1.32. The predicted octanol–water partition coefficient (Wildman–Crippen LogP) is 2.58. The second kappa shape index (κ2) is 7.09. The maximum absolute atomic E-state index is 12.1. The normalized spacial score (nSPS) is 12.2. The molecular weight excluding hydrogens is 294 g/mol. The lowest BCUT2D eigenvalue weighted by Gasteiger charge is -2.16. The van der Waals surface area contributed by atoms with Gasteiger partial charge in [0, 0.05) is 6.20 Å². The highest BCUT2D eigenvalue weighted by Gasteiger charge is 2.13. The number of carbonyl (C=O) groups is 2. The summed E-state index contributed by atoms with van der Waals surface area (Å²) in [7, 11) is 0.